The molecule has 0 aliphatic carbocycles. The molecular formula is C17H21ClF2IN3O2. The SMILES string of the molecule is CN=C(NCc1cc(Cl)ccc1OC(F)F)NC(C)c1ccc(C)o1.I. The van der Waals surface area contributed by atoms with Gasteiger partial charge in [-0.1, -0.05) is 11.6 Å². The van der Waals surface area contributed by atoms with Crippen molar-refractivity contribution in [1.29, 1.82) is 0 Å². The first-order valence-corrected chi connectivity index (χ1v) is 8.03. The largest absolute Gasteiger partial charge is 0.464 e. The maximum absolute atomic E-state index is 12.5. The van der Waals surface area contributed by atoms with E-state index in [1.54, 1.807) is 13.1 Å². The van der Waals surface area contributed by atoms with Crippen molar-refractivity contribution in [3.05, 3.63) is 52.4 Å². The number of hydrogen-bond acceptors (Lipinski definition) is 3. The molecule has 9 heteroatoms. The summed E-state index contributed by atoms with van der Waals surface area (Å²) >= 11 is 5.94. The normalized spacial score (nSPS) is 12.5. The molecule has 1 heterocycles. The molecule has 1 atom stereocenters. The third-order valence-corrected chi connectivity index (χ3v) is 3.68. The average Bonchev–Trinajstić information content (AvgIpc) is 2.99. The summed E-state index contributed by atoms with van der Waals surface area (Å²) in [5.41, 5.74) is 0.497. The predicted molar refractivity (Wildman–Crippen MR) is 109 cm³/mol. The second-order valence-electron chi connectivity index (χ2n) is 5.37. The molecule has 0 spiro atoms. The summed E-state index contributed by atoms with van der Waals surface area (Å²) in [6.07, 6.45) is 0. The molecular weight excluding hydrogens is 479 g/mol. The van der Waals surface area contributed by atoms with Crippen molar-refractivity contribution in [2.75, 3.05) is 7.05 Å². The van der Waals surface area contributed by atoms with Crippen LogP contribution < -0.4 is 15.4 Å². The van der Waals surface area contributed by atoms with Crippen molar-refractivity contribution >= 4 is 41.5 Å². The van der Waals surface area contributed by atoms with Gasteiger partial charge in [0.05, 0.1) is 6.04 Å². The topological polar surface area (TPSA) is 58.8 Å². The number of aliphatic imine (C=N–C) groups is 1. The summed E-state index contributed by atoms with van der Waals surface area (Å²) in [7, 11) is 1.62. The molecule has 144 valence electrons. The van der Waals surface area contributed by atoms with E-state index >= 15 is 0 Å². The first-order valence-electron chi connectivity index (χ1n) is 7.65. The number of nitrogens with one attached hydrogen (secondary N) is 2. The van der Waals surface area contributed by atoms with Gasteiger partial charge < -0.3 is 19.8 Å². The Morgan fingerprint density at radius 2 is 2.04 bits per heavy atom. The molecule has 0 bridgehead atoms. The van der Waals surface area contributed by atoms with Crippen LogP contribution in [-0.4, -0.2) is 19.6 Å². The fourth-order valence-corrected chi connectivity index (χ4v) is 2.43. The lowest BCUT2D eigenvalue weighted by molar-refractivity contribution is -0.0504. The van der Waals surface area contributed by atoms with E-state index < -0.39 is 6.61 Å². The summed E-state index contributed by atoms with van der Waals surface area (Å²) in [5, 5.41) is 6.64. The van der Waals surface area contributed by atoms with Gasteiger partial charge in [0.15, 0.2) is 5.96 Å². The van der Waals surface area contributed by atoms with Crippen LogP contribution in [0.15, 0.2) is 39.7 Å². The third kappa shape index (κ3) is 6.64. The molecule has 5 nitrogen and oxygen atoms in total. The van der Waals surface area contributed by atoms with Crippen LogP contribution in [0.2, 0.25) is 5.02 Å². The molecule has 0 aliphatic heterocycles. The Morgan fingerprint density at radius 1 is 1.31 bits per heavy atom. The molecule has 2 N–H and O–H groups in total. The minimum absolute atomic E-state index is 0. The van der Waals surface area contributed by atoms with Crippen LogP contribution >= 0.6 is 35.6 Å². The van der Waals surface area contributed by atoms with Crippen molar-refractivity contribution in [3.63, 3.8) is 0 Å². The number of nitrogens with zero attached hydrogens (tertiary/aromatic N) is 1. The van der Waals surface area contributed by atoms with Gasteiger partial charge in [0.25, 0.3) is 0 Å². The quantitative estimate of drug-likeness (QED) is 0.338. The summed E-state index contributed by atoms with van der Waals surface area (Å²) < 4.78 is 35.1. The highest BCUT2D eigenvalue weighted by Gasteiger charge is 2.13. The van der Waals surface area contributed by atoms with E-state index in [1.807, 2.05) is 26.0 Å². The van der Waals surface area contributed by atoms with Crippen LogP contribution in [0.4, 0.5) is 8.78 Å². The maximum atomic E-state index is 12.5. The number of aryl methyl sites for hydroxylation is 1. The van der Waals surface area contributed by atoms with Crippen molar-refractivity contribution in [2.24, 2.45) is 4.99 Å². The predicted octanol–water partition coefficient (Wildman–Crippen LogP) is 4.89. The van der Waals surface area contributed by atoms with Gasteiger partial charge in [-0.2, -0.15) is 8.78 Å². The zero-order valence-electron chi connectivity index (χ0n) is 14.6. The fraction of sp³-hybridized carbons (Fsp3) is 0.353. The van der Waals surface area contributed by atoms with Crippen LogP contribution in [0, 0.1) is 6.92 Å². The Balaban J connectivity index is 0.00000338. The van der Waals surface area contributed by atoms with Crippen LogP contribution in [0.3, 0.4) is 0 Å². The summed E-state index contributed by atoms with van der Waals surface area (Å²) in [6, 6.07) is 8.12. The molecule has 26 heavy (non-hydrogen) atoms. The monoisotopic (exact) mass is 499 g/mol. The van der Waals surface area contributed by atoms with Crippen molar-refractivity contribution in [3.8, 4) is 5.75 Å². The number of alkyl halides is 2. The van der Waals surface area contributed by atoms with Gasteiger partial charge >= 0.3 is 6.61 Å². The number of furan rings is 1. The molecule has 1 aromatic carbocycles. The first-order chi connectivity index (χ1) is 11.9. The Bertz CT molecular complexity index is 741. The van der Waals surface area contributed by atoms with Crippen LogP contribution in [-0.2, 0) is 6.54 Å². The van der Waals surface area contributed by atoms with Crippen molar-refractivity contribution in [2.45, 2.75) is 33.0 Å². The third-order valence-electron chi connectivity index (χ3n) is 3.45. The number of halogens is 4. The van der Waals surface area contributed by atoms with Gasteiger partial charge in [-0.25, -0.2) is 0 Å². The van der Waals surface area contributed by atoms with E-state index in [2.05, 4.69) is 20.4 Å². The lowest BCUT2D eigenvalue weighted by atomic mass is 10.2. The maximum Gasteiger partial charge on any atom is 0.387 e. The van der Waals surface area contributed by atoms with Gasteiger partial charge in [0, 0.05) is 24.2 Å². The van der Waals surface area contributed by atoms with Crippen molar-refractivity contribution < 1.29 is 17.9 Å². The molecule has 2 aromatic rings. The fourth-order valence-electron chi connectivity index (χ4n) is 2.23. The number of ether oxygens (including phenoxy) is 1. The number of guanidine groups is 1. The highest BCUT2D eigenvalue weighted by molar-refractivity contribution is 14.0. The average molecular weight is 500 g/mol. The highest BCUT2D eigenvalue weighted by Crippen LogP contribution is 2.24. The van der Waals surface area contributed by atoms with E-state index in [-0.39, 0.29) is 42.3 Å². The number of rotatable bonds is 6. The van der Waals surface area contributed by atoms with Crippen LogP contribution in [0.25, 0.3) is 0 Å². The zero-order valence-corrected chi connectivity index (χ0v) is 17.6. The van der Waals surface area contributed by atoms with E-state index in [1.165, 1.54) is 12.1 Å². The highest BCUT2D eigenvalue weighted by atomic mass is 127. The number of benzene rings is 1. The Hall–Kier alpha value is -1.55. The summed E-state index contributed by atoms with van der Waals surface area (Å²) in [5.74, 6) is 2.14. The molecule has 2 rings (SSSR count). The van der Waals surface area contributed by atoms with Crippen molar-refractivity contribution in [1.82, 2.24) is 10.6 Å². The van der Waals surface area contributed by atoms with E-state index in [4.69, 9.17) is 16.0 Å². The smallest absolute Gasteiger partial charge is 0.387 e. The van der Waals surface area contributed by atoms with Crippen LogP contribution in [0.5, 0.6) is 5.75 Å². The Kier molecular flexibility index (Phi) is 9.14. The Morgan fingerprint density at radius 3 is 2.62 bits per heavy atom. The molecule has 1 aromatic heterocycles. The minimum atomic E-state index is -2.90. The van der Waals surface area contributed by atoms with Gasteiger partial charge in [0.2, 0.25) is 0 Å². The lowest BCUT2D eigenvalue weighted by Gasteiger charge is -2.17. The van der Waals surface area contributed by atoms with E-state index in [9.17, 15) is 8.78 Å². The summed E-state index contributed by atoms with van der Waals surface area (Å²) in [4.78, 5) is 4.12. The first kappa shape index (κ1) is 22.5. The minimum Gasteiger partial charge on any atom is -0.464 e. The molecule has 0 aliphatic rings. The molecule has 0 saturated carbocycles. The molecule has 0 fully saturated rings. The van der Waals surface area contributed by atoms with E-state index in [0.29, 0.717) is 16.5 Å². The Labute approximate surface area is 173 Å². The van der Waals surface area contributed by atoms with Gasteiger partial charge in [0.1, 0.15) is 17.3 Å². The second-order valence-corrected chi connectivity index (χ2v) is 5.81. The lowest BCUT2D eigenvalue weighted by Crippen LogP contribution is -2.38. The zero-order chi connectivity index (χ0) is 18.4. The number of hydrogen-bond donors (Lipinski definition) is 2. The molecule has 0 saturated heterocycles. The molecule has 0 amide bonds. The van der Waals surface area contributed by atoms with Gasteiger partial charge in [-0.3, -0.25) is 4.99 Å². The summed E-state index contributed by atoms with van der Waals surface area (Å²) in [6.45, 7) is 1.11. The standard InChI is InChI=1S/C17H20ClF2N3O2.HI/c1-10-4-6-14(24-10)11(2)23-17(21-3)22-9-12-8-13(18)5-7-15(12)25-16(19)20;/h4-8,11,16H,9H2,1-3H3,(H2,21,22,23);1H. The second kappa shape index (κ2) is 10.6. The molecule has 1 unspecified atom stereocenters. The van der Waals surface area contributed by atoms with E-state index in [0.717, 1.165) is 11.5 Å². The van der Waals surface area contributed by atoms with Gasteiger partial charge in [-0.05, 0) is 44.2 Å². The van der Waals surface area contributed by atoms with Gasteiger partial charge in [-0.15, -0.1) is 24.0 Å². The van der Waals surface area contributed by atoms with Crippen LogP contribution in [0.1, 0.15) is 30.0 Å². The molecule has 0 radical (unpaired) electrons.